The average Bonchev–Trinajstić information content (AvgIpc) is 3.04. The average molecular weight is 436 g/mol. The number of hydrogen-bond acceptors (Lipinski definition) is 4. The highest BCUT2D eigenvalue weighted by Gasteiger charge is 2.49. The monoisotopic (exact) mass is 435 g/mol. The number of carbonyl (C=O) groups excluding carboxylic acids is 3. The summed E-state index contributed by atoms with van der Waals surface area (Å²) in [4.78, 5) is 41.4. The van der Waals surface area contributed by atoms with E-state index in [2.05, 4.69) is 17.4 Å². The number of amides is 4. The molecule has 7 nitrogen and oxygen atoms in total. The number of imide groups is 1. The number of hydrogen-bond donors (Lipinski definition) is 1. The third kappa shape index (κ3) is 4.33. The summed E-state index contributed by atoms with van der Waals surface area (Å²) >= 11 is 0. The Kier molecular flexibility index (Phi) is 6.17. The Morgan fingerprint density at radius 2 is 1.72 bits per heavy atom. The molecule has 0 saturated carbocycles. The number of rotatable bonds is 6. The Bertz CT molecular complexity index is 984. The van der Waals surface area contributed by atoms with E-state index in [1.54, 1.807) is 43.2 Å². The van der Waals surface area contributed by atoms with Crippen LogP contribution >= 0.6 is 0 Å². The standard InChI is InChI=1S/C25H29N3O4/c1-25(20-8-10-21(32-2)11-9-20)23(30)28(24(31)26-25)17-22(29)27-14-12-19(13-15-27)16-18-6-4-3-5-7-18/h3-11,19H,12-17H2,1-2H3,(H,26,31)/t25-/m1/s1. The number of piperidine rings is 1. The first-order valence-corrected chi connectivity index (χ1v) is 11.0. The van der Waals surface area contributed by atoms with Crippen LogP contribution in [0.1, 0.15) is 30.9 Å². The molecule has 32 heavy (non-hydrogen) atoms. The topological polar surface area (TPSA) is 79.0 Å². The molecule has 4 rings (SSSR count). The second-order valence-electron chi connectivity index (χ2n) is 8.69. The van der Waals surface area contributed by atoms with Crippen LogP contribution in [0.4, 0.5) is 4.79 Å². The number of nitrogens with one attached hydrogen (secondary N) is 1. The number of ether oxygens (including phenoxy) is 1. The van der Waals surface area contributed by atoms with Crippen molar-refractivity contribution in [1.29, 1.82) is 0 Å². The van der Waals surface area contributed by atoms with Crippen LogP contribution in [-0.2, 0) is 21.5 Å². The van der Waals surface area contributed by atoms with Gasteiger partial charge in [0.15, 0.2) is 0 Å². The van der Waals surface area contributed by atoms with Crippen LogP contribution in [-0.4, -0.2) is 54.4 Å². The Morgan fingerprint density at radius 1 is 1.06 bits per heavy atom. The summed E-state index contributed by atoms with van der Waals surface area (Å²) in [6.07, 6.45) is 2.85. The molecule has 0 aromatic heterocycles. The highest BCUT2D eigenvalue weighted by Crippen LogP contribution is 2.30. The molecule has 168 valence electrons. The molecule has 1 N–H and O–H groups in total. The highest BCUT2D eigenvalue weighted by atomic mass is 16.5. The number of urea groups is 1. The lowest BCUT2D eigenvalue weighted by atomic mass is 9.90. The smallest absolute Gasteiger partial charge is 0.325 e. The largest absolute Gasteiger partial charge is 0.497 e. The zero-order chi connectivity index (χ0) is 22.7. The molecule has 2 aromatic carbocycles. The van der Waals surface area contributed by atoms with Crippen molar-refractivity contribution in [2.24, 2.45) is 5.92 Å². The summed E-state index contributed by atoms with van der Waals surface area (Å²) in [5.74, 6) is 0.596. The Balaban J connectivity index is 1.35. The molecule has 0 radical (unpaired) electrons. The normalized spacial score (nSPS) is 21.6. The maximum atomic E-state index is 13.1. The number of nitrogens with zero attached hydrogens (tertiary/aromatic N) is 2. The van der Waals surface area contributed by atoms with Gasteiger partial charge in [0.05, 0.1) is 7.11 Å². The van der Waals surface area contributed by atoms with Gasteiger partial charge in [-0.15, -0.1) is 0 Å². The van der Waals surface area contributed by atoms with E-state index in [1.165, 1.54) is 5.56 Å². The van der Waals surface area contributed by atoms with E-state index in [-0.39, 0.29) is 12.5 Å². The number of methoxy groups -OCH3 is 1. The minimum Gasteiger partial charge on any atom is -0.497 e. The van der Waals surface area contributed by atoms with Crippen molar-refractivity contribution in [3.63, 3.8) is 0 Å². The van der Waals surface area contributed by atoms with Gasteiger partial charge in [-0.05, 0) is 55.4 Å². The minimum atomic E-state index is -1.20. The van der Waals surface area contributed by atoms with Gasteiger partial charge in [0.1, 0.15) is 17.8 Å². The van der Waals surface area contributed by atoms with Gasteiger partial charge in [0, 0.05) is 13.1 Å². The maximum Gasteiger partial charge on any atom is 0.325 e. The number of likely N-dealkylation sites (tertiary alicyclic amines) is 1. The molecule has 2 fully saturated rings. The molecule has 2 aliphatic heterocycles. The molecule has 1 atom stereocenters. The first-order chi connectivity index (χ1) is 15.4. The Hall–Kier alpha value is -3.35. The molecule has 2 saturated heterocycles. The lowest BCUT2D eigenvalue weighted by molar-refractivity contribution is -0.139. The molecule has 2 heterocycles. The highest BCUT2D eigenvalue weighted by molar-refractivity contribution is 6.09. The Labute approximate surface area is 188 Å². The molecule has 0 unspecified atom stereocenters. The molecular formula is C25H29N3O4. The minimum absolute atomic E-state index is 0.189. The molecule has 0 bridgehead atoms. The zero-order valence-corrected chi connectivity index (χ0v) is 18.5. The SMILES string of the molecule is COc1ccc([C@@]2(C)NC(=O)N(CC(=O)N3CCC(Cc4ccccc4)CC3)C2=O)cc1. The van der Waals surface area contributed by atoms with Crippen molar-refractivity contribution >= 4 is 17.8 Å². The van der Waals surface area contributed by atoms with Crippen LogP contribution in [0, 0.1) is 5.92 Å². The zero-order valence-electron chi connectivity index (χ0n) is 18.5. The number of benzene rings is 2. The Morgan fingerprint density at radius 3 is 2.34 bits per heavy atom. The summed E-state index contributed by atoms with van der Waals surface area (Å²) in [7, 11) is 1.57. The molecular weight excluding hydrogens is 406 g/mol. The fourth-order valence-corrected chi connectivity index (χ4v) is 4.53. The van der Waals surface area contributed by atoms with E-state index < -0.39 is 17.5 Å². The van der Waals surface area contributed by atoms with Gasteiger partial charge in [0.25, 0.3) is 5.91 Å². The van der Waals surface area contributed by atoms with Gasteiger partial charge in [0.2, 0.25) is 5.91 Å². The lowest BCUT2D eigenvalue weighted by Gasteiger charge is -2.33. The van der Waals surface area contributed by atoms with Crippen molar-refractivity contribution in [3.8, 4) is 5.75 Å². The summed E-state index contributed by atoms with van der Waals surface area (Å²) < 4.78 is 5.16. The molecule has 0 spiro atoms. The fraction of sp³-hybridized carbons (Fsp3) is 0.400. The van der Waals surface area contributed by atoms with Crippen LogP contribution < -0.4 is 10.1 Å². The van der Waals surface area contributed by atoms with E-state index in [1.807, 2.05) is 18.2 Å². The van der Waals surface area contributed by atoms with Crippen molar-refractivity contribution in [3.05, 3.63) is 65.7 Å². The molecule has 2 aliphatic rings. The fourth-order valence-electron chi connectivity index (χ4n) is 4.53. The first-order valence-electron chi connectivity index (χ1n) is 11.0. The lowest BCUT2D eigenvalue weighted by Crippen LogP contribution is -2.46. The van der Waals surface area contributed by atoms with Crippen LogP contribution in [0.3, 0.4) is 0 Å². The van der Waals surface area contributed by atoms with Crippen LogP contribution in [0.5, 0.6) is 5.75 Å². The maximum absolute atomic E-state index is 13.1. The van der Waals surface area contributed by atoms with Crippen molar-refractivity contribution in [1.82, 2.24) is 15.1 Å². The van der Waals surface area contributed by atoms with Gasteiger partial charge in [-0.3, -0.25) is 14.5 Å². The van der Waals surface area contributed by atoms with E-state index in [0.29, 0.717) is 30.3 Å². The quantitative estimate of drug-likeness (QED) is 0.708. The summed E-state index contributed by atoms with van der Waals surface area (Å²) in [6, 6.07) is 16.8. The summed E-state index contributed by atoms with van der Waals surface area (Å²) in [5, 5.41) is 2.75. The van der Waals surface area contributed by atoms with E-state index in [9.17, 15) is 14.4 Å². The van der Waals surface area contributed by atoms with Gasteiger partial charge < -0.3 is 15.0 Å². The van der Waals surface area contributed by atoms with Gasteiger partial charge >= 0.3 is 6.03 Å². The van der Waals surface area contributed by atoms with Gasteiger partial charge in [-0.25, -0.2) is 4.79 Å². The van der Waals surface area contributed by atoms with Gasteiger partial charge in [-0.2, -0.15) is 0 Å². The second-order valence-corrected chi connectivity index (χ2v) is 8.69. The van der Waals surface area contributed by atoms with Crippen LogP contribution in [0.25, 0.3) is 0 Å². The third-order valence-corrected chi connectivity index (χ3v) is 6.57. The van der Waals surface area contributed by atoms with Crippen LogP contribution in [0.2, 0.25) is 0 Å². The summed E-state index contributed by atoms with van der Waals surface area (Å²) in [6.45, 7) is 2.72. The second kappa shape index (κ2) is 9.02. The van der Waals surface area contributed by atoms with Gasteiger partial charge in [-0.1, -0.05) is 42.5 Å². The molecule has 7 heteroatoms. The van der Waals surface area contributed by atoms with E-state index in [4.69, 9.17) is 4.74 Å². The van der Waals surface area contributed by atoms with Crippen molar-refractivity contribution < 1.29 is 19.1 Å². The van der Waals surface area contributed by atoms with Crippen LogP contribution in [0.15, 0.2) is 54.6 Å². The van der Waals surface area contributed by atoms with E-state index in [0.717, 1.165) is 24.2 Å². The first kappa shape index (κ1) is 21.9. The van der Waals surface area contributed by atoms with E-state index >= 15 is 0 Å². The number of carbonyl (C=O) groups is 3. The molecule has 0 aliphatic carbocycles. The predicted molar refractivity (Wildman–Crippen MR) is 120 cm³/mol. The predicted octanol–water partition coefficient (Wildman–Crippen LogP) is 2.94. The van der Waals surface area contributed by atoms with Crippen molar-refractivity contribution in [2.45, 2.75) is 31.7 Å². The molecule has 4 amide bonds. The third-order valence-electron chi connectivity index (χ3n) is 6.57. The summed E-state index contributed by atoms with van der Waals surface area (Å²) in [5.41, 5.74) is 0.759. The molecule has 2 aromatic rings. The van der Waals surface area contributed by atoms with Crippen molar-refractivity contribution in [2.75, 3.05) is 26.7 Å².